The number of nitrogens with zero attached hydrogens (tertiary/aromatic N) is 2. The molecule has 0 spiro atoms. The maximum absolute atomic E-state index is 4.58. The first-order valence-corrected chi connectivity index (χ1v) is 6.76. The standard InChI is InChI=1S/C13H14N4S/c1-9(15-7-10-6-14-8-18-10)13-16-11-4-2-3-5-12(11)17-13/h2-6,8-9,15H,7H2,1H3,(H,16,17). The Balaban J connectivity index is 1.73. The summed E-state index contributed by atoms with van der Waals surface area (Å²) in [6.07, 6.45) is 1.89. The van der Waals surface area contributed by atoms with Crippen LogP contribution in [0.15, 0.2) is 36.0 Å². The van der Waals surface area contributed by atoms with Crippen molar-refractivity contribution in [1.82, 2.24) is 20.3 Å². The molecule has 3 aromatic rings. The first-order chi connectivity index (χ1) is 8.83. The molecular formula is C13H14N4S. The summed E-state index contributed by atoms with van der Waals surface area (Å²) in [6, 6.07) is 8.27. The van der Waals surface area contributed by atoms with Crippen LogP contribution in [0.25, 0.3) is 11.0 Å². The van der Waals surface area contributed by atoms with E-state index in [0.717, 1.165) is 23.4 Å². The van der Waals surface area contributed by atoms with Crippen LogP contribution in [0.1, 0.15) is 23.7 Å². The maximum atomic E-state index is 4.58. The number of fused-ring (bicyclic) bond motifs is 1. The van der Waals surface area contributed by atoms with Gasteiger partial charge in [0.25, 0.3) is 0 Å². The van der Waals surface area contributed by atoms with E-state index in [9.17, 15) is 0 Å². The molecule has 3 rings (SSSR count). The van der Waals surface area contributed by atoms with Gasteiger partial charge in [0, 0.05) is 17.6 Å². The number of hydrogen-bond acceptors (Lipinski definition) is 4. The summed E-state index contributed by atoms with van der Waals surface area (Å²) in [5.41, 5.74) is 3.95. The highest BCUT2D eigenvalue weighted by Gasteiger charge is 2.10. The zero-order valence-electron chi connectivity index (χ0n) is 10.1. The van der Waals surface area contributed by atoms with E-state index in [2.05, 4.69) is 27.2 Å². The molecule has 0 aliphatic heterocycles. The largest absolute Gasteiger partial charge is 0.341 e. The zero-order chi connectivity index (χ0) is 12.4. The molecule has 92 valence electrons. The summed E-state index contributed by atoms with van der Waals surface area (Å²) in [5.74, 6) is 0.973. The third kappa shape index (κ3) is 2.27. The summed E-state index contributed by atoms with van der Waals surface area (Å²) in [5, 5.41) is 3.44. The lowest BCUT2D eigenvalue weighted by molar-refractivity contribution is 0.555. The Bertz CT molecular complexity index is 596. The van der Waals surface area contributed by atoms with Gasteiger partial charge >= 0.3 is 0 Å². The second kappa shape index (κ2) is 4.88. The molecule has 0 radical (unpaired) electrons. The number of nitrogens with one attached hydrogen (secondary N) is 2. The van der Waals surface area contributed by atoms with Crippen LogP contribution in [0, 0.1) is 0 Å². The SMILES string of the molecule is CC(NCc1cncs1)c1nc2ccccc2[nH]1. The lowest BCUT2D eigenvalue weighted by Gasteiger charge is -2.09. The molecule has 18 heavy (non-hydrogen) atoms. The summed E-state index contributed by atoms with van der Waals surface area (Å²) in [6.45, 7) is 2.93. The van der Waals surface area contributed by atoms with E-state index in [4.69, 9.17) is 0 Å². The minimum Gasteiger partial charge on any atom is -0.341 e. The Kier molecular flexibility index (Phi) is 3.08. The van der Waals surface area contributed by atoms with Crippen molar-refractivity contribution in [3.05, 3.63) is 46.7 Å². The van der Waals surface area contributed by atoms with E-state index in [0.29, 0.717) is 0 Å². The molecule has 5 heteroatoms. The quantitative estimate of drug-likeness (QED) is 0.756. The number of hydrogen-bond donors (Lipinski definition) is 2. The molecule has 4 nitrogen and oxygen atoms in total. The monoisotopic (exact) mass is 258 g/mol. The number of aromatic amines is 1. The van der Waals surface area contributed by atoms with Crippen LogP contribution >= 0.6 is 11.3 Å². The summed E-state index contributed by atoms with van der Waals surface area (Å²) < 4.78 is 0. The van der Waals surface area contributed by atoms with Gasteiger partial charge in [-0.05, 0) is 19.1 Å². The van der Waals surface area contributed by atoms with E-state index < -0.39 is 0 Å². The van der Waals surface area contributed by atoms with Crippen molar-refractivity contribution < 1.29 is 0 Å². The number of benzene rings is 1. The Morgan fingerprint density at radius 2 is 2.28 bits per heavy atom. The fourth-order valence-electron chi connectivity index (χ4n) is 1.86. The topological polar surface area (TPSA) is 53.6 Å². The Morgan fingerprint density at radius 1 is 1.39 bits per heavy atom. The molecule has 2 N–H and O–H groups in total. The van der Waals surface area contributed by atoms with Crippen LogP contribution in [-0.2, 0) is 6.54 Å². The summed E-state index contributed by atoms with van der Waals surface area (Å²) in [4.78, 5) is 13.2. The van der Waals surface area contributed by atoms with E-state index in [1.54, 1.807) is 11.3 Å². The molecule has 2 heterocycles. The highest BCUT2D eigenvalue weighted by molar-refractivity contribution is 7.09. The summed E-state index contributed by atoms with van der Waals surface area (Å²) in [7, 11) is 0. The molecule has 1 atom stereocenters. The van der Waals surface area contributed by atoms with Crippen molar-refractivity contribution in [2.75, 3.05) is 0 Å². The molecule has 0 aliphatic rings. The second-order valence-electron chi connectivity index (χ2n) is 4.21. The van der Waals surface area contributed by atoms with Gasteiger partial charge < -0.3 is 10.3 Å². The van der Waals surface area contributed by atoms with Crippen LogP contribution in [0.5, 0.6) is 0 Å². The van der Waals surface area contributed by atoms with Gasteiger partial charge in [-0.25, -0.2) is 4.98 Å². The molecule has 0 aliphatic carbocycles. The van der Waals surface area contributed by atoms with Crippen LogP contribution < -0.4 is 5.32 Å². The molecule has 0 saturated heterocycles. The van der Waals surface area contributed by atoms with Gasteiger partial charge in [-0.15, -0.1) is 11.3 Å². The number of para-hydroxylation sites is 2. The Labute approximate surface area is 109 Å². The fourth-order valence-corrected chi connectivity index (χ4v) is 2.40. The lowest BCUT2D eigenvalue weighted by Crippen LogP contribution is -2.18. The van der Waals surface area contributed by atoms with Crippen LogP contribution in [0.2, 0.25) is 0 Å². The first kappa shape index (κ1) is 11.4. The number of aromatic nitrogens is 3. The highest BCUT2D eigenvalue weighted by Crippen LogP contribution is 2.16. The van der Waals surface area contributed by atoms with E-state index >= 15 is 0 Å². The average Bonchev–Trinajstić information content (AvgIpc) is 3.04. The molecule has 1 aromatic carbocycles. The van der Waals surface area contributed by atoms with Crippen LogP contribution in [0.4, 0.5) is 0 Å². The van der Waals surface area contributed by atoms with Gasteiger partial charge in [-0.1, -0.05) is 12.1 Å². The Hall–Kier alpha value is -1.72. The van der Waals surface area contributed by atoms with Crippen molar-refractivity contribution in [3.8, 4) is 0 Å². The molecule has 1 unspecified atom stereocenters. The maximum Gasteiger partial charge on any atom is 0.124 e. The molecular weight excluding hydrogens is 244 g/mol. The number of H-pyrrole nitrogens is 1. The average molecular weight is 258 g/mol. The number of imidazole rings is 1. The second-order valence-corrected chi connectivity index (χ2v) is 5.18. The Morgan fingerprint density at radius 3 is 3.06 bits per heavy atom. The van der Waals surface area contributed by atoms with Crippen LogP contribution in [-0.4, -0.2) is 15.0 Å². The lowest BCUT2D eigenvalue weighted by atomic mass is 10.3. The van der Waals surface area contributed by atoms with Gasteiger partial charge in [0.2, 0.25) is 0 Å². The molecule has 0 fully saturated rings. The number of rotatable bonds is 4. The smallest absolute Gasteiger partial charge is 0.124 e. The van der Waals surface area contributed by atoms with Crippen molar-refractivity contribution in [2.45, 2.75) is 19.5 Å². The molecule has 0 amide bonds. The van der Waals surface area contributed by atoms with E-state index in [1.165, 1.54) is 4.88 Å². The van der Waals surface area contributed by atoms with Gasteiger partial charge in [-0.3, -0.25) is 4.98 Å². The van der Waals surface area contributed by atoms with Gasteiger partial charge in [-0.2, -0.15) is 0 Å². The normalized spacial score (nSPS) is 12.9. The van der Waals surface area contributed by atoms with Crippen molar-refractivity contribution in [3.63, 3.8) is 0 Å². The third-order valence-electron chi connectivity index (χ3n) is 2.88. The third-order valence-corrected chi connectivity index (χ3v) is 3.66. The first-order valence-electron chi connectivity index (χ1n) is 5.88. The van der Waals surface area contributed by atoms with Crippen molar-refractivity contribution >= 4 is 22.4 Å². The van der Waals surface area contributed by atoms with Gasteiger partial charge in [0.15, 0.2) is 0 Å². The molecule has 2 aromatic heterocycles. The van der Waals surface area contributed by atoms with Crippen LogP contribution in [0.3, 0.4) is 0 Å². The van der Waals surface area contributed by atoms with Crippen molar-refractivity contribution in [2.24, 2.45) is 0 Å². The van der Waals surface area contributed by atoms with E-state index in [1.807, 2.05) is 36.0 Å². The highest BCUT2D eigenvalue weighted by atomic mass is 32.1. The van der Waals surface area contributed by atoms with E-state index in [-0.39, 0.29) is 6.04 Å². The molecule has 0 bridgehead atoms. The summed E-state index contributed by atoms with van der Waals surface area (Å²) >= 11 is 1.66. The van der Waals surface area contributed by atoms with Gasteiger partial charge in [0.1, 0.15) is 5.82 Å². The minimum absolute atomic E-state index is 0.194. The van der Waals surface area contributed by atoms with Gasteiger partial charge in [0.05, 0.1) is 22.6 Å². The zero-order valence-corrected chi connectivity index (χ0v) is 10.9. The predicted octanol–water partition coefficient (Wildman–Crippen LogP) is 2.87. The predicted molar refractivity (Wildman–Crippen MR) is 73.5 cm³/mol. The number of thiazole rings is 1. The minimum atomic E-state index is 0.194. The molecule has 0 saturated carbocycles. The van der Waals surface area contributed by atoms with Crippen molar-refractivity contribution in [1.29, 1.82) is 0 Å². The fraction of sp³-hybridized carbons (Fsp3) is 0.231.